The molecule has 244 valence electrons. The molecule has 0 N–H and O–H groups in total. The first-order chi connectivity index (χ1) is 24.9. The highest BCUT2D eigenvalue weighted by Gasteiger charge is 2.19. The fourth-order valence-electron chi connectivity index (χ4n) is 7.28. The van der Waals surface area contributed by atoms with E-state index in [0.29, 0.717) is 5.82 Å². The Morgan fingerprint density at radius 3 is 1.57 bits per heavy atom. The Morgan fingerprint density at radius 2 is 0.980 bits per heavy atom. The molecular weight excluding hydrogens is 642 g/mol. The maximum absolute atomic E-state index is 12.8. The number of nitrogens with zero attached hydrogens (tertiary/aromatic N) is 3. The molecule has 51 heavy (non-hydrogen) atoms. The monoisotopic (exact) mass is 675 g/mol. The van der Waals surface area contributed by atoms with Crippen LogP contribution in [-0.2, 0) is 4.57 Å². The van der Waals surface area contributed by atoms with E-state index in [-0.39, 0.29) is 0 Å². The summed E-state index contributed by atoms with van der Waals surface area (Å²) in [6, 6.07) is 57.2. The van der Waals surface area contributed by atoms with Crippen molar-refractivity contribution in [1.29, 1.82) is 0 Å². The van der Waals surface area contributed by atoms with Crippen molar-refractivity contribution in [2.75, 3.05) is 13.3 Å². The van der Waals surface area contributed by atoms with E-state index >= 15 is 0 Å². The van der Waals surface area contributed by atoms with Gasteiger partial charge in [0.1, 0.15) is 7.14 Å². The van der Waals surface area contributed by atoms with Gasteiger partial charge in [0.25, 0.3) is 0 Å². The van der Waals surface area contributed by atoms with Crippen molar-refractivity contribution >= 4 is 39.6 Å². The molecule has 0 fully saturated rings. The lowest BCUT2D eigenvalue weighted by Crippen LogP contribution is -2.01. The number of benzene rings is 7. The maximum Gasteiger partial charge on any atom is 0.182 e. The standard InChI is InChI=1S/C46H34N3OP/c1-51(2,50)37-26-24-33(25-27-37)43-38-20-9-11-22-40(38)44(41-23-12-10-21-39(41)43)34-18-13-19-35(28-34)45-47-46-42(32-16-7-4-8-17-32)29-36(30-49(46)48-45)31-14-5-3-6-15-31/h3-30H,1-2H3. The zero-order chi connectivity index (χ0) is 34.5. The van der Waals surface area contributed by atoms with Gasteiger partial charge in [-0.3, -0.25) is 0 Å². The summed E-state index contributed by atoms with van der Waals surface area (Å²) in [7, 11) is -2.36. The fourth-order valence-corrected chi connectivity index (χ4v) is 8.15. The third-order valence-electron chi connectivity index (χ3n) is 9.74. The molecule has 0 radical (unpaired) electrons. The van der Waals surface area contributed by atoms with Crippen molar-refractivity contribution in [3.63, 3.8) is 0 Å². The summed E-state index contributed by atoms with van der Waals surface area (Å²) in [4.78, 5) is 5.16. The molecule has 0 bridgehead atoms. The Hall–Kier alpha value is -6.09. The maximum atomic E-state index is 12.8. The lowest BCUT2D eigenvalue weighted by molar-refractivity contribution is 0.588. The van der Waals surface area contributed by atoms with Gasteiger partial charge in [0.2, 0.25) is 0 Å². The lowest BCUT2D eigenvalue weighted by atomic mass is 9.86. The summed E-state index contributed by atoms with van der Waals surface area (Å²) in [6.45, 7) is 3.64. The van der Waals surface area contributed by atoms with Crippen molar-refractivity contribution in [3.05, 3.63) is 170 Å². The van der Waals surface area contributed by atoms with Crippen LogP contribution in [0.1, 0.15) is 0 Å². The zero-order valence-electron chi connectivity index (χ0n) is 28.4. The van der Waals surface area contributed by atoms with Crippen molar-refractivity contribution < 1.29 is 4.57 Å². The second-order valence-electron chi connectivity index (χ2n) is 13.4. The van der Waals surface area contributed by atoms with Crippen LogP contribution >= 0.6 is 7.14 Å². The summed E-state index contributed by atoms with van der Waals surface area (Å²) in [6.07, 6.45) is 2.07. The quantitative estimate of drug-likeness (QED) is 0.130. The van der Waals surface area contributed by atoms with Gasteiger partial charge < -0.3 is 4.57 Å². The minimum absolute atomic E-state index is 0.675. The summed E-state index contributed by atoms with van der Waals surface area (Å²) in [5, 5.41) is 10.7. The number of aromatic nitrogens is 3. The fraction of sp³-hybridized carbons (Fsp3) is 0.0435. The third kappa shape index (κ3) is 5.55. The second-order valence-corrected chi connectivity index (χ2v) is 16.6. The van der Waals surface area contributed by atoms with E-state index in [0.717, 1.165) is 49.9 Å². The van der Waals surface area contributed by atoms with Gasteiger partial charge in [0.05, 0.1) is 0 Å². The normalized spacial score (nSPS) is 11.8. The van der Waals surface area contributed by atoms with Gasteiger partial charge in [0.15, 0.2) is 11.5 Å². The van der Waals surface area contributed by atoms with Crippen LogP contribution < -0.4 is 5.30 Å². The molecular formula is C46H34N3OP. The van der Waals surface area contributed by atoms with Crippen molar-refractivity contribution in [2.24, 2.45) is 0 Å². The van der Waals surface area contributed by atoms with Gasteiger partial charge in [-0.1, -0.05) is 152 Å². The van der Waals surface area contributed by atoms with E-state index in [2.05, 4.69) is 146 Å². The molecule has 0 aliphatic carbocycles. The first-order valence-electron chi connectivity index (χ1n) is 17.1. The molecule has 7 aromatic carbocycles. The average Bonchev–Trinajstić information content (AvgIpc) is 3.62. The van der Waals surface area contributed by atoms with E-state index < -0.39 is 7.14 Å². The summed E-state index contributed by atoms with van der Waals surface area (Å²) < 4.78 is 14.7. The van der Waals surface area contributed by atoms with Gasteiger partial charge in [-0.2, -0.15) is 0 Å². The molecule has 9 rings (SSSR count). The number of rotatable bonds is 6. The van der Waals surface area contributed by atoms with Crippen molar-refractivity contribution in [2.45, 2.75) is 0 Å². The first-order valence-corrected chi connectivity index (χ1v) is 19.7. The first kappa shape index (κ1) is 30.9. The van der Waals surface area contributed by atoms with Gasteiger partial charge in [0, 0.05) is 28.2 Å². The highest BCUT2D eigenvalue weighted by Crippen LogP contribution is 2.44. The SMILES string of the molecule is CP(C)(=O)c1ccc(-c2c3ccccc3c(-c3cccc(-c4nc5c(-c6ccccc6)cc(-c6ccccc6)cn5n4)c3)c3ccccc23)cc1. The summed E-state index contributed by atoms with van der Waals surface area (Å²) in [5.41, 5.74) is 10.7. The number of hydrogen-bond acceptors (Lipinski definition) is 3. The van der Waals surface area contributed by atoms with E-state index in [1.807, 2.05) is 42.1 Å². The van der Waals surface area contributed by atoms with Crippen LogP contribution in [0.25, 0.3) is 83.1 Å². The molecule has 9 aromatic rings. The molecule has 0 amide bonds. The predicted octanol–water partition coefficient (Wildman–Crippen LogP) is 11.6. The van der Waals surface area contributed by atoms with Gasteiger partial charge >= 0.3 is 0 Å². The lowest BCUT2D eigenvalue weighted by Gasteiger charge is -2.18. The largest absolute Gasteiger partial charge is 0.319 e. The van der Waals surface area contributed by atoms with Crippen LogP contribution in [0.4, 0.5) is 0 Å². The van der Waals surface area contributed by atoms with Crippen molar-refractivity contribution in [1.82, 2.24) is 14.6 Å². The Labute approximate surface area is 297 Å². The molecule has 0 aliphatic rings. The van der Waals surface area contributed by atoms with E-state index in [1.54, 1.807) is 0 Å². The van der Waals surface area contributed by atoms with E-state index in [1.165, 1.54) is 32.7 Å². The highest BCUT2D eigenvalue weighted by molar-refractivity contribution is 7.70. The Kier molecular flexibility index (Phi) is 7.49. The van der Waals surface area contributed by atoms with E-state index in [9.17, 15) is 4.57 Å². The van der Waals surface area contributed by atoms with Gasteiger partial charge in [-0.25, -0.2) is 9.50 Å². The van der Waals surface area contributed by atoms with Crippen LogP contribution in [0, 0.1) is 0 Å². The molecule has 0 aliphatic heterocycles. The predicted molar refractivity (Wildman–Crippen MR) is 214 cm³/mol. The van der Waals surface area contributed by atoms with Gasteiger partial charge in [-0.05, 0) is 80.4 Å². The van der Waals surface area contributed by atoms with Crippen LogP contribution in [0.15, 0.2) is 170 Å². The van der Waals surface area contributed by atoms with Crippen LogP contribution in [0.3, 0.4) is 0 Å². The van der Waals surface area contributed by atoms with Crippen molar-refractivity contribution in [3.8, 4) is 55.9 Å². The molecule has 2 aromatic heterocycles. The number of hydrogen-bond donors (Lipinski definition) is 0. The minimum Gasteiger partial charge on any atom is -0.319 e. The molecule has 0 unspecified atom stereocenters. The Bertz CT molecular complexity index is 2730. The smallest absolute Gasteiger partial charge is 0.182 e. The molecule has 0 saturated heterocycles. The minimum atomic E-state index is -2.36. The van der Waals surface area contributed by atoms with Crippen LogP contribution in [-0.4, -0.2) is 27.9 Å². The van der Waals surface area contributed by atoms with Gasteiger partial charge in [-0.15, -0.1) is 5.10 Å². The molecule has 0 atom stereocenters. The summed E-state index contributed by atoms with van der Waals surface area (Å²) >= 11 is 0. The molecule has 5 heteroatoms. The summed E-state index contributed by atoms with van der Waals surface area (Å²) in [5.74, 6) is 0.675. The third-order valence-corrected chi connectivity index (χ3v) is 11.3. The van der Waals surface area contributed by atoms with E-state index in [4.69, 9.17) is 10.1 Å². The molecule has 2 heterocycles. The molecule has 4 nitrogen and oxygen atoms in total. The number of pyridine rings is 1. The molecule has 0 spiro atoms. The van der Waals surface area contributed by atoms with Crippen LogP contribution in [0.5, 0.6) is 0 Å². The highest BCUT2D eigenvalue weighted by atomic mass is 31.2. The topological polar surface area (TPSA) is 47.3 Å². The number of fused-ring (bicyclic) bond motifs is 3. The Morgan fingerprint density at radius 1 is 0.471 bits per heavy atom. The Balaban J connectivity index is 1.23. The van der Waals surface area contributed by atoms with Crippen LogP contribution in [0.2, 0.25) is 0 Å². The average molecular weight is 676 g/mol. The second kappa shape index (κ2) is 12.4. The zero-order valence-corrected chi connectivity index (χ0v) is 29.3. The molecule has 0 saturated carbocycles.